The van der Waals surface area contributed by atoms with Crippen LogP contribution in [0.2, 0.25) is 0 Å². The number of carbonyl (C=O) groups excluding carboxylic acids is 1. The van der Waals surface area contributed by atoms with E-state index in [1.54, 1.807) is 7.11 Å². The fraction of sp³-hybridized carbons (Fsp3) is 0.526. The first kappa shape index (κ1) is 16.8. The molecule has 3 atom stereocenters. The Kier molecular flexibility index (Phi) is 5.09. The van der Waals surface area contributed by atoms with Gasteiger partial charge in [-0.15, -0.1) is 6.58 Å². The SMILES string of the molecule is C=CCc1ccc(OCC(=O)N2CC3CCC(N)C3C2)c(OC)c1. The minimum atomic E-state index is 0.0221. The number of likely N-dealkylation sites (tertiary alicyclic amines) is 1. The summed E-state index contributed by atoms with van der Waals surface area (Å²) in [5.41, 5.74) is 7.23. The van der Waals surface area contributed by atoms with Crippen molar-refractivity contribution in [2.75, 3.05) is 26.8 Å². The molecule has 5 heteroatoms. The van der Waals surface area contributed by atoms with Crippen LogP contribution in [0, 0.1) is 11.8 Å². The smallest absolute Gasteiger partial charge is 0.260 e. The highest BCUT2D eigenvalue weighted by atomic mass is 16.5. The number of methoxy groups -OCH3 is 1. The van der Waals surface area contributed by atoms with Crippen LogP contribution in [0.4, 0.5) is 0 Å². The van der Waals surface area contributed by atoms with Crippen molar-refractivity contribution in [3.63, 3.8) is 0 Å². The molecule has 3 rings (SSSR count). The molecule has 2 N–H and O–H groups in total. The van der Waals surface area contributed by atoms with Crippen LogP contribution in [-0.4, -0.2) is 43.7 Å². The molecule has 24 heavy (non-hydrogen) atoms. The highest BCUT2D eigenvalue weighted by Gasteiger charge is 2.42. The summed E-state index contributed by atoms with van der Waals surface area (Å²) in [6, 6.07) is 5.97. The minimum Gasteiger partial charge on any atom is -0.493 e. The quantitative estimate of drug-likeness (QED) is 0.810. The number of amides is 1. The third kappa shape index (κ3) is 3.41. The topological polar surface area (TPSA) is 64.8 Å². The molecular formula is C19H26N2O3. The van der Waals surface area contributed by atoms with Crippen LogP contribution in [0.5, 0.6) is 11.5 Å². The summed E-state index contributed by atoms with van der Waals surface area (Å²) in [5, 5.41) is 0. The number of fused-ring (bicyclic) bond motifs is 1. The number of hydrogen-bond acceptors (Lipinski definition) is 4. The van der Waals surface area contributed by atoms with Gasteiger partial charge in [0, 0.05) is 19.1 Å². The van der Waals surface area contributed by atoms with Crippen LogP contribution in [0.3, 0.4) is 0 Å². The largest absolute Gasteiger partial charge is 0.493 e. The summed E-state index contributed by atoms with van der Waals surface area (Å²) in [6.07, 6.45) is 4.83. The molecule has 3 unspecified atom stereocenters. The molecule has 5 nitrogen and oxygen atoms in total. The highest BCUT2D eigenvalue weighted by molar-refractivity contribution is 5.78. The number of benzene rings is 1. The maximum absolute atomic E-state index is 12.4. The Hall–Kier alpha value is -2.01. The van der Waals surface area contributed by atoms with Crippen molar-refractivity contribution in [2.45, 2.75) is 25.3 Å². The van der Waals surface area contributed by atoms with E-state index in [4.69, 9.17) is 15.2 Å². The van der Waals surface area contributed by atoms with Crippen LogP contribution < -0.4 is 15.2 Å². The maximum Gasteiger partial charge on any atom is 0.260 e. The fourth-order valence-corrected chi connectivity index (χ4v) is 3.87. The monoisotopic (exact) mass is 330 g/mol. The fourth-order valence-electron chi connectivity index (χ4n) is 3.87. The van der Waals surface area contributed by atoms with E-state index in [0.717, 1.165) is 37.9 Å². The number of hydrogen-bond donors (Lipinski definition) is 1. The van der Waals surface area contributed by atoms with Gasteiger partial charge in [-0.2, -0.15) is 0 Å². The van der Waals surface area contributed by atoms with E-state index in [-0.39, 0.29) is 18.6 Å². The van der Waals surface area contributed by atoms with Crippen molar-refractivity contribution in [1.82, 2.24) is 4.90 Å². The zero-order valence-electron chi connectivity index (χ0n) is 14.2. The van der Waals surface area contributed by atoms with Gasteiger partial charge >= 0.3 is 0 Å². The summed E-state index contributed by atoms with van der Waals surface area (Å²) in [7, 11) is 1.60. The Bertz CT molecular complexity index is 617. The summed E-state index contributed by atoms with van der Waals surface area (Å²) in [5.74, 6) is 2.28. The third-order valence-corrected chi connectivity index (χ3v) is 5.22. The Morgan fingerprint density at radius 1 is 1.38 bits per heavy atom. The van der Waals surface area contributed by atoms with E-state index >= 15 is 0 Å². The van der Waals surface area contributed by atoms with Gasteiger partial charge in [-0.3, -0.25) is 4.79 Å². The Morgan fingerprint density at radius 2 is 2.21 bits per heavy atom. The first-order valence-electron chi connectivity index (χ1n) is 8.56. The molecule has 1 amide bonds. The highest BCUT2D eigenvalue weighted by Crippen LogP contribution is 2.37. The van der Waals surface area contributed by atoms with Gasteiger partial charge in [0.2, 0.25) is 0 Å². The molecule has 2 aliphatic rings. The number of ether oxygens (including phenoxy) is 2. The molecule has 1 heterocycles. The van der Waals surface area contributed by atoms with Crippen LogP contribution in [0.15, 0.2) is 30.9 Å². The molecule has 1 saturated carbocycles. The second kappa shape index (κ2) is 7.26. The standard InChI is InChI=1S/C19H26N2O3/c1-3-4-13-5-8-17(18(9-13)23-2)24-12-19(22)21-10-14-6-7-16(20)15(14)11-21/h3,5,8-9,14-16H,1,4,6-7,10-12,20H2,2H3. The zero-order chi connectivity index (χ0) is 17.1. The van der Waals surface area contributed by atoms with E-state index in [2.05, 4.69) is 6.58 Å². The summed E-state index contributed by atoms with van der Waals surface area (Å²) in [6.45, 7) is 5.35. The van der Waals surface area contributed by atoms with Crippen LogP contribution in [0.1, 0.15) is 18.4 Å². The molecule has 0 aromatic heterocycles. The van der Waals surface area contributed by atoms with Crippen molar-refractivity contribution < 1.29 is 14.3 Å². The number of rotatable bonds is 6. The van der Waals surface area contributed by atoms with E-state index in [1.165, 1.54) is 0 Å². The Balaban J connectivity index is 1.57. The molecule has 0 bridgehead atoms. The second-order valence-electron chi connectivity index (χ2n) is 6.73. The lowest BCUT2D eigenvalue weighted by Gasteiger charge is -2.19. The lowest BCUT2D eigenvalue weighted by molar-refractivity contribution is -0.132. The van der Waals surface area contributed by atoms with Crippen molar-refractivity contribution in [3.8, 4) is 11.5 Å². The first-order valence-corrected chi connectivity index (χ1v) is 8.56. The number of allylic oxidation sites excluding steroid dienone is 1. The molecule has 1 aromatic carbocycles. The van der Waals surface area contributed by atoms with Gasteiger partial charge in [0.05, 0.1) is 7.11 Å². The molecule has 1 aliphatic carbocycles. The lowest BCUT2D eigenvalue weighted by atomic mass is 9.98. The van der Waals surface area contributed by atoms with E-state index < -0.39 is 0 Å². The van der Waals surface area contributed by atoms with Crippen LogP contribution in [0.25, 0.3) is 0 Å². The van der Waals surface area contributed by atoms with Gasteiger partial charge in [-0.25, -0.2) is 0 Å². The van der Waals surface area contributed by atoms with Gasteiger partial charge in [-0.05, 0) is 48.8 Å². The summed E-state index contributed by atoms with van der Waals surface area (Å²) in [4.78, 5) is 14.3. The average molecular weight is 330 g/mol. The number of carbonyl (C=O) groups is 1. The Morgan fingerprint density at radius 3 is 2.92 bits per heavy atom. The predicted octanol–water partition coefficient (Wildman–Crippen LogP) is 2.00. The first-order chi connectivity index (χ1) is 11.6. The molecule has 1 aliphatic heterocycles. The number of nitrogens with two attached hydrogens (primary N) is 1. The second-order valence-corrected chi connectivity index (χ2v) is 6.73. The molecule has 1 saturated heterocycles. The van der Waals surface area contributed by atoms with Crippen molar-refractivity contribution >= 4 is 5.91 Å². The van der Waals surface area contributed by atoms with Gasteiger partial charge < -0.3 is 20.1 Å². The Labute approximate surface area is 143 Å². The average Bonchev–Trinajstić information content (AvgIpc) is 3.16. The van der Waals surface area contributed by atoms with E-state index in [0.29, 0.717) is 23.3 Å². The molecule has 2 fully saturated rings. The molecule has 0 radical (unpaired) electrons. The van der Waals surface area contributed by atoms with Crippen molar-refractivity contribution in [3.05, 3.63) is 36.4 Å². The van der Waals surface area contributed by atoms with Crippen molar-refractivity contribution in [1.29, 1.82) is 0 Å². The molecular weight excluding hydrogens is 304 g/mol. The van der Waals surface area contributed by atoms with Gasteiger partial charge in [-0.1, -0.05) is 12.1 Å². The van der Waals surface area contributed by atoms with E-state index in [9.17, 15) is 4.79 Å². The van der Waals surface area contributed by atoms with Crippen molar-refractivity contribution in [2.24, 2.45) is 17.6 Å². The lowest BCUT2D eigenvalue weighted by Crippen LogP contribution is -2.36. The molecule has 1 aromatic rings. The van der Waals surface area contributed by atoms with Crippen LogP contribution >= 0.6 is 0 Å². The normalized spacial score (nSPS) is 25.4. The third-order valence-electron chi connectivity index (χ3n) is 5.22. The van der Waals surface area contributed by atoms with Gasteiger partial charge in [0.15, 0.2) is 18.1 Å². The molecule has 130 valence electrons. The summed E-state index contributed by atoms with van der Waals surface area (Å²) >= 11 is 0. The predicted molar refractivity (Wildman–Crippen MR) is 93.2 cm³/mol. The summed E-state index contributed by atoms with van der Waals surface area (Å²) < 4.78 is 11.1. The van der Waals surface area contributed by atoms with Gasteiger partial charge in [0.1, 0.15) is 0 Å². The van der Waals surface area contributed by atoms with Crippen LogP contribution in [-0.2, 0) is 11.2 Å². The van der Waals surface area contributed by atoms with E-state index in [1.807, 2.05) is 29.2 Å². The minimum absolute atomic E-state index is 0.0221. The van der Waals surface area contributed by atoms with Gasteiger partial charge in [0.25, 0.3) is 5.91 Å². The zero-order valence-corrected chi connectivity index (χ0v) is 14.2. The number of nitrogens with zero attached hydrogens (tertiary/aromatic N) is 1. The maximum atomic E-state index is 12.4. The molecule has 0 spiro atoms.